The number of aryl methyl sites for hydroxylation is 1. The largest absolute Gasteiger partial charge is 0.484 e. The molecule has 0 aliphatic carbocycles. The molecule has 0 radical (unpaired) electrons. The SMILES string of the molecule is Cc1ccc(OCC(=O)NN=Cc2ccc(F)cc2)cc1. The standard InChI is InChI=1S/C16H15FN2O2/c1-12-2-8-15(9-3-12)21-11-16(20)19-18-10-13-4-6-14(17)7-5-13/h2-10H,11H2,1H3,(H,19,20). The van der Waals surface area contributed by atoms with Crippen LogP contribution in [-0.4, -0.2) is 18.7 Å². The number of nitrogens with one attached hydrogen (secondary N) is 1. The molecule has 21 heavy (non-hydrogen) atoms. The number of rotatable bonds is 5. The van der Waals surface area contributed by atoms with Gasteiger partial charge in [-0.1, -0.05) is 29.8 Å². The second-order valence-electron chi connectivity index (χ2n) is 4.45. The average Bonchev–Trinajstić information content (AvgIpc) is 2.49. The highest BCUT2D eigenvalue weighted by molar-refractivity contribution is 5.82. The Morgan fingerprint density at radius 3 is 2.52 bits per heavy atom. The summed E-state index contributed by atoms with van der Waals surface area (Å²) in [5, 5.41) is 3.77. The van der Waals surface area contributed by atoms with E-state index in [2.05, 4.69) is 10.5 Å². The molecule has 4 nitrogen and oxygen atoms in total. The number of hydrogen-bond donors (Lipinski definition) is 1. The van der Waals surface area contributed by atoms with Crippen molar-refractivity contribution in [2.75, 3.05) is 6.61 Å². The molecule has 0 saturated heterocycles. The zero-order valence-corrected chi connectivity index (χ0v) is 11.5. The molecule has 108 valence electrons. The second kappa shape index (κ2) is 7.19. The fourth-order valence-electron chi connectivity index (χ4n) is 1.54. The van der Waals surface area contributed by atoms with Crippen molar-refractivity contribution in [3.63, 3.8) is 0 Å². The number of carbonyl (C=O) groups is 1. The fraction of sp³-hybridized carbons (Fsp3) is 0.125. The van der Waals surface area contributed by atoms with E-state index in [0.29, 0.717) is 11.3 Å². The highest BCUT2D eigenvalue weighted by atomic mass is 19.1. The van der Waals surface area contributed by atoms with Gasteiger partial charge in [0, 0.05) is 0 Å². The number of hydrogen-bond acceptors (Lipinski definition) is 3. The molecular formula is C16H15FN2O2. The summed E-state index contributed by atoms with van der Waals surface area (Å²) >= 11 is 0. The van der Waals surface area contributed by atoms with Gasteiger partial charge in [-0.05, 0) is 36.8 Å². The first-order valence-corrected chi connectivity index (χ1v) is 6.40. The quantitative estimate of drug-likeness (QED) is 0.678. The van der Waals surface area contributed by atoms with Crippen LogP contribution in [0.3, 0.4) is 0 Å². The van der Waals surface area contributed by atoms with Gasteiger partial charge in [0.1, 0.15) is 11.6 Å². The molecule has 0 aromatic heterocycles. The molecule has 0 aliphatic rings. The minimum absolute atomic E-state index is 0.121. The Morgan fingerprint density at radius 2 is 1.86 bits per heavy atom. The molecule has 0 saturated carbocycles. The van der Waals surface area contributed by atoms with E-state index in [1.807, 2.05) is 19.1 Å². The normalized spacial score (nSPS) is 10.6. The maximum absolute atomic E-state index is 12.7. The first-order chi connectivity index (χ1) is 10.1. The maximum Gasteiger partial charge on any atom is 0.277 e. The number of hydrazone groups is 1. The number of carbonyl (C=O) groups excluding carboxylic acids is 1. The molecule has 1 N–H and O–H groups in total. The second-order valence-corrected chi connectivity index (χ2v) is 4.45. The van der Waals surface area contributed by atoms with E-state index < -0.39 is 0 Å². The fourth-order valence-corrected chi connectivity index (χ4v) is 1.54. The molecular weight excluding hydrogens is 271 g/mol. The van der Waals surface area contributed by atoms with E-state index in [0.717, 1.165) is 5.56 Å². The van der Waals surface area contributed by atoms with Crippen molar-refractivity contribution < 1.29 is 13.9 Å². The lowest BCUT2D eigenvalue weighted by Crippen LogP contribution is -2.24. The van der Waals surface area contributed by atoms with Crippen molar-refractivity contribution in [2.45, 2.75) is 6.92 Å². The van der Waals surface area contributed by atoms with Crippen LogP contribution < -0.4 is 10.2 Å². The van der Waals surface area contributed by atoms with Gasteiger partial charge in [-0.15, -0.1) is 0 Å². The summed E-state index contributed by atoms with van der Waals surface area (Å²) in [6.45, 7) is 1.85. The van der Waals surface area contributed by atoms with Crippen LogP contribution in [-0.2, 0) is 4.79 Å². The van der Waals surface area contributed by atoms with Crippen LogP contribution in [0, 0.1) is 12.7 Å². The lowest BCUT2D eigenvalue weighted by molar-refractivity contribution is -0.123. The van der Waals surface area contributed by atoms with Gasteiger partial charge in [0.25, 0.3) is 5.91 Å². The summed E-state index contributed by atoms with van der Waals surface area (Å²) in [5.41, 5.74) is 4.15. The van der Waals surface area contributed by atoms with Crippen LogP contribution >= 0.6 is 0 Å². The lowest BCUT2D eigenvalue weighted by atomic mass is 10.2. The number of ether oxygens (including phenoxy) is 1. The van der Waals surface area contributed by atoms with E-state index in [4.69, 9.17) is 4.74 Å². The predicted octanol–water partition coefficient (Wildman–Crippen LogP) is 2.66. The molecule has 0 aliphatic heterocycles. The van der Waals surface area contributed by atoms with E-state index in [-0.39, 0.29) is 18.3 Å². The Hall–Kier alpha value is -2.69. The molecule has 5 heteroatoms. The van der Waals surface area contributed by atoms with E-state index in [1.54, 1.807) is 24.3 Å². The van der Waals surface area contributed by atoms with E-state index in [1.165, 1.54) is 18.3 Å². The van der Waals surface area contributed by atoms with Gasteiger partial charge in [-0.3, -0.25) is 4.79 Å². The number of halogens is 1. The zero-order valence-electron chi connectivity index (χ0n) is 11.5. The number of benzene rings is 2. The first-order valence-electron chi connectivity index (χ1n) is 6.40. The summed E-state index contributed by atoms with van der Waals surface area (Å²) in [6.07, 6.45) is 1.43. The Balaban J connectivity index is 1.77. The Morgan fingerprint density at radius 1 is 1.19 bits per heavy atom. The summed E-state index contributed by atoms with van der Waals surface area (Å²) < 4.78 is 18.0. The molecule has 0 unspecified atom stereocenters. The van der Waals surface area contributed by atoms with Crippen LogP contribution in [0.5, 0.6) is 5.75 Å². The molecule has 0 heterocycles. The first kappa shape index (κ1) is 14.7. The third-order valence-electron chi connectivity index (χ3n) is 2.66. The van der Waals surface area contributed by atoms with E-state index in [9.17, 15) is 9.18 Å². The third kappa shape index (κ3) is 5.06. The van der Waals surface area contributed by atoms with Gasteiger partial charge >= 0.3 is 0 Å². The Bertz CT molecular complexity index is 622. The predicted molar refractivity (Wildman–Crippen MR) is 78.8 cm³/mol. The van der Waals surface area contributed by atoms with Gasteiger partial charge in [0.15, 0.2) is 6.61 Å². The molecule has 2 aromatic carbocycles. The summed E-state index contributed by atoms with van der Waals surface area (Å²) in [7, 11) is 0. The lowest BCUT2D eigenvalue weighted by Gasteiger charge is -2.04. The minimum Gasteiger partial charge on any atom is -0.484 e. The summed E-state index contributed by atoms with van der Waals surface area (Å²) in [5.74, 6) is -0.0603. The third-order valence-corrected chi connectivity index (χ3v) is 2.66. The average molecular weight is 286 g/mol. The van der Waals surface area contributed by atoms with Crippen molar-refractivity contribution in [1.82, 2.24) is 5.43 Å². The summed E-state index contributed by atoms with van der Waals surface area (Å²) in [4.78, 5) is 11.5. The van der Waals surface area contributed by atoms with Crippen LogP contribution in [0.15, 0.2) is 53.6 Å². The molecule has 0 spiro atoms. The zero-order chi connectivity index (χ0) is 15.1. The molecule has 0 fully saturated rings. The molecule has 2 aromatic rings. The molecule has 0 bridgehead atoms. The smallest absolute Gasteiger partial charge is 0.277 e. The maximum atomic E-state index is 12.7. The van der Waals surface area contributed by atoms with Crippen molar-refractivity contribution in [1.29, 1.82) is 0 Å². The van der Waals surface area contributed by atoms with E-state index >= 15 is 0 Å². The van der Waals surface area contributed by atoms with Crippen LogP contribution in [0.25, 0.3) is 0 Å². The Labute approximate surface area is 122 Å². The van der Waals surface area contributed by atoms with Gasteiger partial charge in [-0.25, -0.2) is 9.82 Å². The van der Waals surface area contributed by atoms with Gasteiger partial charge in [0.05, 0.1) is 6.21 Å². The van der Waals surface area contributed by atoms with Crippen LogP contribution in [0.4, 0.5) is 4.39 Å². The summed E-state index contributed by atoms with van der Waals surface area (Å²) in [6, 6.07) is 13.2. The minimum atomic E-state index is -0.367. The van der Waals surface area contributed by atoms with Gasteiger partial charge in [0.2, 0.25) is 0 Å². The van der Waals surface area contributed by atoms with Crippen LogP contribution in [0.2, 0.25) is 0 Å². The topological polar surface area (TPSA) is 50.7 Å². The highest BCUT2D eigenvalue weighted by Gasteiger charge is 2.00. The number of amides is 1. The monoisotopic (exact) mass is 286 g/mol. The van der Waals surface area contributed by atoms with Crippen molar-refractivity contribution in [2.24, 2.45) is 5.10 Å². The molecule has 1 amide bonds. The van der Waals surface area contributed by atoms with Crippen molar-refractivity contribution >= 4 is 12.1 Å². The molecule has 2 rings (SSSR count). The number of nitrogens with zero attached hydrogens (tertiary/aromatic N) is 1. The van der Waals surface area contributed by atoms with Gasteiger partial charge < -0.3 is 4.74 Å². The van der Waals surface area contributed by atoms with Crippen molar-refractivity contribution in [3.05, 3.63) is 65.5 Å². The molecule has 0 atom stereocenters. The van der Waals surface area contributed by atoms with Crippen LogP contribution in [0.1, 0.15) is 11.1 Å². The highest BCUT2D eigenvalue weighted by Crippen LogP contribution is 2.10. The Kier molecular flexibility index (Phi) is 5.04. The van der Waals surface area contributed by atoms with Crippen molar-refractivity contribution in [3.8, 4) is 5.75 Å². The van der Waals surface area contributed by atoms with Gasteiger partial charge in [-0.2, -0.15) is 5.10 Å².